The summed E-state index contributed by atoms with van der Waals surface area (Å²) >= 11 is 1.66. The molecule has 0 unspecified atom stereocenters. The second kappa shape index (κ2) is 6.34. The van der Waals surface area contributed by atoms with Crippen LogP contribution >= 0.6 is 11.3 Å². The standard InChI is InChI=1S/C21H20N4S/c1-24-20-8-3-2-7-18(20)23-21(24)9-10-25-11-15-5-4-6-16(17(15)12-25)19-13-26-14-22-19/h2-8,13-14H,9-12H2,1H3. The van der Waals surface area contributed by atoms with Gasteiger partial charge in [-0.3, -0.25) is 4.90 Å². The summed E-state index contributed by atoms with van der Waals surface area (Å²) in [6.45, 7) is 3.02. The number of imidazole rings is 1. The number of para-hydroxylation sites is 2. The summed E-state index contributed by atoms with van der Waals surface area (Å²) in [5.41, 5.74) is 9.45. The van der Waals surface area contributed by atoms with Crippen LogP contribution in [0.5, 0.6) is 0 Å². The quantitative estimate of drug-likeness (QED) is 0.545. The number of aromatic nitrogens is 3. The van der Waals surface area contributed by atoms with Crippen LogP contribution in [0.2, 0.25) is 0 Å². The zero-order chi connectivity index (χ0) is 17.5. The van der Waals surface area contributed by atoms with Crippen LogP contribution in [0.3, 0.4) is 0 Å². The fourth-order valence-corrected chi connectivity index (χ4v) is 4.46. The SMILES string of the molecule is Cn1c(CCN2Cc3cccc(-c4cscn4)c3C2)nc2ccccc21. The lowest BCUT2D eigenvalue weighted by Gasteiger charge is -2.14. The molecular weight excluding hydrogens is 340 g/mol. The number of nitrogens with zero attached hydrogens (tertiary/aromatic N) is 4. The minimum absolute atomic E-state index is 0.963. The average Bonchev–Trinajstić information content (AvgIpc) is 3.39. The molecule has 130 valence electrons. The Hall–Kier alpha value is -2.50. The highest BCUT2D eigenvalue weighted by molar-refractivity contribution is 7.07. The molecule has 0 spiro atoms. The van der Waals surface area contributed by atoms with Crippen LogP contribution in [-0.4, -0.2) is 26.0 Å². The molecule has 0 N–H and O–H groups in total. The summed E-state index contributed by atoms with van der Waals surface area (Å²) in [6.07, 6.45) is 0.963. The predicted molar refractivity (Wildman–Crippen MR) is 106 cm³/mol. The third-order valence-corrected chi connectivity index (χ3v) is 5.87. The Morgan fingerprint density at radius 3 is 2.85 bits per heavy atom. The van der Waals surface area contributed by atoms with Gasteiger partial charge in [0.1, 0.15) is 5.82 Å². The molecule has 0 amide bonds. The molecule has 0 aliphatic carbocycles. The van der Waals surface area contributed by atoms with Gasteiger partial charge in [0.2, 0.25) is 0 Å². The van der Waals surface area contributed by atoms with Crippen molar-refractivity contribution in [2.45, 2.75) is 19.5 Å². The molecule has 5 rings (SSSR count). The maximum absolute atomic E-state index is 4.81. The summed E-state index contributed by atoms with van der Waals surface area (Å²) in [6, 6.07) is 15.0. The van der Waals surface area contributed by atoms with Crippen LogP contribution in [0.4, 0.5) is 0 Å². The van der Waals surface area contributed by atoms with E-state index >= 15 is 0 Å². The fourth-order valence-electron chi connectivity index (χ4n) is 3.91. The van der Waals surface area contributed by atoms with Crippen molar-refractivity contribution in [2.24, 2.45) is 7.05 Å². The van der Waals surface area contributed by atoms with Crippen LogP contribution in [0.1, 0.15) is 17.0 Å². The second-order valence-electron chi connectivity index (χ2n) is 6.85. The molecule has 0 bridgehead atoms. The van der Waals surface area contributed by atoms with Crippen LogP contribution < -0.4 is 0 Å². The smallest absolute Gasteiger partial charge is 0.110 e. The second-order valence-corrected chi connectivity index (χ2v) is 7.57. The van der Waals surface area contributed by atoms with Gasteiger partial charge >= 0.3 is 0 Å². The highest BCUT2D eigenvalue weighted by Crippen LogP contribution is 2.32. The van der Waals surface area contributed by atoms with Gasteiger partial charge in [0.05, 0.1) is 22.2 Å². The normalized spacial score (nSPS) is 14.2. The first-order chi connectivity index (χ1) is 12.8. The van der Waals surface area contributed by atoms with Gasteiger partial charge in [0.15, 0.2) is 0 Å². The van der Waals surface area contributed by atoms with Crippen LogP contribution in [0.25, 0.3) is 22.3 Å². The van der Waals surface area contributed by atoms with E-state index in [1.165, 1.54) is 22.2 Å². The molecule has 4 nitrogen and oxygen atoms in total. The Bertz CT molecular complexity index is 1070. The van der Waals surface area contributed by atoms with Crippen molar-refractivity contribution >= 4 is 22.4 Å². The number of fused-ring (bicyclic) bond motifs is 2. The number of benzene rings is 2. The molecule has 4 aromatic rings. The number of rotatable bonds is 4. The summed E-state index contributed by atoms with van der Waals surface area (Å²) in [5, 5.41) is 2.14. The maximum atomic E-state index is 4.81. The van der Waals surface area contributed by atoms with E-state index < -0.39 is 0 Å². The first-order valence-electron chi connectivity index (χ1n) is 8.91. The zero-order valence-electron chi connectivity index (χ0n) is 14.7. The molecule has 3 heterocycles. The fraction of sp³-hybridized carbons (Fsp3) is 0.238. The molecule has 0 fully saturated rings. The van der Waals surface area contributed by atoms with Crippen LogP contribution in [-0.2, 0) is 26.6 Å². The van der Waals surface area contributed by atoms with E-state index in [2.05, 4.69) is 69.3 Å². The molecule has 0 atom stereocenters. The molecule has 1 aliphatic heterocycles. The maximum Gasteiger partial charge on any atom is 0.110 e. The van der Waals surface area contributed by atoms with E-state index in [4.69, 9.17) is 4.98 Å². The summed E-state index contributed by atoms with van der Waals surface area (Å²) < 4.78 is 2.22. The van der Waals surface area contributed by atoms with Crippen molar-refractivity contribution in [3.8, 4) is 11.3 Å². The molecule has 1 aliphatic rings. The van der Waals surface area contributed by atoms with Crippen molar-refractivity contribution in [3.63, 3.8) is 0 Å². The van der Waals surface area contributed by atoms with Gasteiger partial charge in [-0.15, -0.1) is 11.3 Å². The first-order valence-corrected chi connectivity index (χ1v) is 9.86. The van der Waals surface area contributed by atoms with Gasteiger partial charge < -0.3 is 4.57 Å². The van der Waals surface area contributed by atoms with Gasteiger partial charge in [-0.05, 0) is 23.3 Å². The number of hydrogen-bond donors (Lipinski definition) is 0. The van der Waals surface area contributed by atoms with E-state index in [0.29, 0.717) is 0 Å². The predicted octanol–water partition coefficient (Wildman–Crippen LogP) is 4.26. The van der Waals surface area contributed by atoms with E-state index in [1.807, 2.05) is 5.51 Å². The lowest BCUT2D eigenvalue weighted by Crippen LogP contribution is -2.20. The van der Waals surface area contributed by atoms with Crippen molar-refractivity contribution in [2.75, 3.05) is 6.54 Å². The Balaban J connectivity index is 1.35. The summed E-state index contributed by atoms with van der Waals surface area (Å²) in [5.74, 6) is 1.15. The summed E-state index contributed by atoms with van der Waals surface area (Å²) in [7, 11) is 2.11. The topological polar surface area (TPSA) is 34.0 Å². The Labute approximate surface area is 156 Å². The molecule has 2 aromatic carbocycles. The minimum atomic E-state index is 0.963. The van der Waals surface area contributed by atoms with E-state index in [-0.39, 0.29) is 0 Å². The molecule has 0 saturated heterocycles. The zero-order valence-corrected chi connectivity index (χ0v) is 15.5. The molecule has 26 heavy (non-hydrogen) atoms. The first kappa shape index (κ1) is 15.7. The number of hydrogen-bond acceptors (Lipinski definition) is 4. The van der Waals surface area contributed by atoms with Gasteiger partial charge in [0.25, 0.3) is 0 Å². The number of aryl methyl sites for hydroxylation is 1. The Morgan fingerprint density at radius 1 is 1.08 bits per heavy atom. The molecule has 0 radical (unpaired) electrons. The minimum Gasteiger partial charge on any atom is -0.331 e. The highest BCUT2D eigenvalue weighted by atomic mass is 32.1. The van der Waals surface area contributed by atoms with Crippen LogP contribution in [0, 0.1) is 0 Å². The monoisotopic (exact) mass is 360 g/mol. The van der Waals surface area contributed by atoms with E-state index in [0.717, 1.165) is 43.1 Å². The van der Waals surface area contributed by atoms with Crippen molar-refractivity contribution in [1.82, 2.24) is 19.4 Å². The average molecular weight is 360 g/mol. The largest absolute Gasteiger partial charge is 0.331 e. The van der Waals surface area contributed by atoms with Gasteiger partial charge in [-0.2, -0.15) is 0 Å². The summed E-state index contributed by atoms with van der Waals surface area (Å²) in [4.78, 5) is 11.8. The third kappa shape index (κ3) is 2.64. The number of thiazole rings is 1. The lowest BCUT2D eigenvalue weighted by atomic mass is 10.0. The highest BCUT2D eigenvalue weighted by Gasteiger charge is 2.22. The molecule has 0 saturated carbocycles. The molecule has 2 aromatic heterocycles. The van der Waals surface area contributed by atoms with Crippen molar-refractivity contribution in [1.29, 1.82) is 0 Å². The van der Waals surface area contributed by atoms with Gasteiger partial charge in [-0.25, -0.2) is 9.97 Å². The lowest BCUT2D eigenvalue weighted by molar-refractivity contribution is 0.285. The van der Waals surface area contributed by atoms with E-state index in [1.54, 1.807) is 11.3 Å². The van der Waals surface area contributed by atoms with E-state index in [9.17, 15) is 0 Å². The van der Waals surface area contributed by atoms with Crippen molar-refractivity contribution in [3.05, 3.63) is 70.3 Å². The Morgan fingerprint density at radius 2 is 2.00 bits per heavy atom. The molecular formula is C21H20N4S. The van der Waals surface area contributed by atoms with Gasteiger partial charge in [0, 0.05) is 44.0 Å². The van der Waals surface area contributed by atoms with Crippen LogP contribution in [0.15, 0.2) is 53.4 Å². The van der Waals surface area contributed by atoms with Crippen molar-refractivity contribution < 1.29 is 0 Å². The third-order valence-electron chi connectivity index (χ3n) is 5.29. The van der Waals surface area contributed by atoms with Gasteiger partial charge in [-0.1, -0.05) is 30.3 Å². The Kier molecular flexibility index (Phi) is 3.84. The molecule has 5 heteroatoms.